The highest BCUT2D eigenvalue weighted by molar-refractivity contribution is 9.10. The molecule has 0 aliphatic carbocycles. The molecule has 1 N–H and O–H groups in total. The van der Waals surface area contributed by atoms with E-state index in [4.69, 9.17) is 4.42 Å². The van der Waals surface area contributed by atoms with Gasteiger partial charge in [-0.3, -0.25) is 0 Å². The van der Waals surface area contributed by atoms with E-state index in [1.54, 1.807) is 11.3 Å². The molecule has 2 heterocycles. The lowest BCUT2D eigenvalue weighted by Crippen LogP contribution is -2.16. The Morgan fingerprint density at radius 2 is 2.11 bits per heavy atom. The molecule has 0 atom stereocenters. The normalized spacial score (nSPS) is 11.2. The Morgan fingerprint density at radius 1 is 1.21 bits per heavy atom. The van der Waals surface area contributed by atoms with Gasteiger partial charge in [-0.15, -0.1) is 11.3 Å². The second-order valence-electron chi connectivity index (χ2n) is 4.21. The van der Waals surface area contributed by atoms with E-state index >= 15 is 0 Å². The molecule has 0 saturated heterocycles. The Balaban J connectivity index is 1.52. The number of halogens is 1. The average molecular weight is 337 g/mol. The number of para-hydroxylation sites is 1. The monoisotopic (exact) mass is 336 g/mol. The molecule has 0 radical (unpaired) electrons. The lowest BCUT2D eigenvalue weighted by atomic mass is 10.3. The van der Waals surface area contributed by atoms with Crippen molar-refractivity contribution >= 4 is 37.5 Å². The van der Waals surface area contributed by atoms with Crippen LogP contribution in [0.5, 0.6) is 0 Å². The maximum atomic E-state index is 5.42. The largest absolute Gasteiger partial charge is 0.453 e. The van der Waals surface area contributed by atoms with Gasteiger partial charge in [-0.25, -0.2) is 4.98 Å². The van der Waals surface area contributed by atoms with Gasteiger partial charge >= 0.3 is 0 Å². The number of nitrogens with zero attached hydrogens (tertiary/aromatic N) is 1. The number of furan rings is 1. The fourth-order valence-electron chi connectivity index (χ4n) is 1.88. The number of hydrogen-bond donors (Lipinski definition) is 1. The summed E-state index contributed by atoms with van der Waals surface area (Å²) in [7, 11) is 0. The molecule has 0 aliphatic heterocycles. The van der Waals surface area contributed by atoms with Crippen molar-refractivity contribution in [2.75, 3.05) is 6.54 Å². The van der Waals surface area contributed by atoms with Crippen molar-refractivity contribution in [1.29, 1.82) is 0 Å². The molecule has 0 bridgehead atoms. The molecule has 0 fully saturated rings. The van der Waals surface area contributed by atoms with Gasteiger partial charge in [0.25, 0.3) is 0 Å². The van der Waals surface area contributed by atoms with Gasteiger partial charge < -0.3 is 9.73 Å². The first-order valence-corrected chi connectivity index (χ1v) is 7.71. The van der Waals surface area contributed by atoms with Gasteiger partial charge in [-0.2, -0.15) is 0 Å². The van der Waals surface area contributed by atoms with Crippen LogP contribution in [-0.4, -0.2) is 11.5 Å². The molecule has 0 spiro atoms. The van der Waals surface area contributed by atoms with Gasteiger partial charge in [0.05, 0.1) is 21.8 Å². The van der Waals surface area contributed by atoms with Crippen LogP contribution in [0.1, 0.15) is 10.8 Å². The van der Waals surface area contributed by atoms with E-state index in [-0.39, 0.29) is 0 Å². The lowest BCUT2D eigenvalue weighted by molar-refractivity contribution is 0.466. The molecule has 0 saturated carbocycles. The number of thiazole rings is 1. The van der Waals surface area contributed by atoms with E-state index in [0.29, 0.717) is 0 Å². The first-order valence-electron chi connectivity index (χ1n) is 6.10. The maximum absolute atomic E-state index is 5.42. The first kappa shape index (κ1) is 12.8. The summed E-state index contributed by atoms with van der Waals surface area (Å²) >= 11 is 5.06. The number of nitrogens with one attached hydrogen (secondary N) is 1. The number of rotatable bonds is 5. The summed E-state index contributed by atoms with van der Waals surface area (Å²) in [4.78, 5) is 4.61. The van der Waals surface area contributed by atoms with Crippen molar-refractivity contribution in [1.82, 2.24) is 10.3 Å². The predicted octanol–water partition coefficient (Wildman–Crippen LogP) is 3.98. The maximum Gasteiger partial charge on any atom is 0.169 e. The number of hydrogen-bond acceptors (Lipinski definition) is 4. The van der Waals surface area contributed by atoms with E-state index in [1.165, 1.54) is 9.71 Å². The Hall–Kier alpha value is -1.17. The second-order valence-corrected chi connectivity index (χ2v) is 6.10. The highest BCUT2D eigenvalue weighted by atomic mass is 79.9. The molecule has 98 valence electrons. The van der Waals surface area contributed by atoms with E-state index in [1.807, 2.05) is 18.2 Å². The summed E-state index contributed by atoms with van der Waals surface area (Å²) in [6, 6.07) is 12.1. The Morgan fingerprint density at radius 3 is 2.89 bits per heavy atom. The van der Waals surface area contributed by atoms with Crippen LogP contribution in [0.4, 0.5) is 0 Å². The van der Waals surface area contributed by atoms with Crippen molar-refractivity contribution in [3.63, 3.8) is 0 Å². The van der Waals surface area contributed by atoms with Crippen LogP contribution in [0.15, 0.2) is 45.5 Å². The molecule has 0 aliphatic rings. The summed E-state index contributed by atoms with van der Waals surface area (Å²) in [5.41, 5.74) is 1.09. The van der Waals surface area contributed by atoms with Crippen LogP contribution in [-0.2, 0) is 13.0 Å². The SMILES string of the molecule is Brc1ccc(CNCCc2nc3ccccc3s2)o1. The van der Waals surface area contributed by atoms with Gasteiger partial charge in [-0.05, 0) is 40.2 Å². The van der Waals surface area contributed by atoms with Gasteiger partial charge in [0.15, 0.2) is 4.67 Å². The van der Waals surface area contributed by atoms with Crippen molar-refractivity contribution in [2.24, 2.45) is 0 Å². The third kappa shape index (κ3) is 3.23. The Kier molecular flexibility index (Phi) is 3.96. The smallest absolute Gasteiger partial charge is 0.169 e. The fraction of sp³-hybridized carbons (Fsp3) is 0.214. The Labute approximate surface area is 123 Å². The standard InChI is InChI=1S/C14H13BrN2OS/c15-13-6-5-10(18-13)9-16-8-7-14-17-11-3-1-2-4-12(11)19-14/h1-6,16H,7-9H2. The minimum absolute atomic E-state index is 0.747. The predicted molar refractivity (Wildman–Crippen MR) is 81.4 cm³/mol. The molecule has 5 heteroatoms. The van der Waals surface area contributed by atoms with Crippen LogP contribution in [0.25, 0.3) is 10.2 Å². The molecular weight excluding hydrogens is 324 g/mol. The third-order valence-corrected chi connectivity index (χ3v) is 4.30. The van der Waals surface area contributed by atoms with Gasteiger partial charge in [0, 0.05) is 13.0 Å². The average Bonchev–Trinajstić information content (AvgIpc) is 3.00. The topological polar surface area (TPSA) is 38.1 Å². The van der Waals surface area contributed by atoms with E-state index in [0.717, 1.165) is 35.5 Å². The molecule has 0 amide bonds. The Bertz CT molecular complexity index is 644. The zero-order valence-electron chi connectivity index (χ0n) is 10.2. The van der Waals surface area contributed by atoms with Crippen LogP contribution in [0.2, 0.25) is 0 Å². The molecule has 3 aromatic rings. The zero-order chi connectivity index (χ0) is 13.1. The minimum Gasteiger partial charge on any atom is -0.453 e. The molecule has 19 heavy (non-hydrogen) atoms. The summed E-state index contributed by atoms with van der Waals surface area (Å²) in [5.74, 6) is 0.941. The molecule has 1 aromatic carbocycles. The molecule has 2 aromatic heterocycles. The van der Waals surface area contributed by atoms with E-state index in [2.05, 4.69) is 44.4 Å². The van der Waals surface area contributed by atoms with Gasteiger partial charge in [-0.1, -0.05) is 12.1 Å². The molecule has 0 unspecified atom stereocenters. The summed E-state index contributed by atoms with van der Waals surface area (Å²) in [6.45, 7) is 1.65. The minimum atomic E-state index is 0.747. The molecule has 3 nitrogen and oxygen atoms in total. The summed E-state index contributed by atoms with van der Waals surface area (Å²) in [5, 5.41) is 4.54. The van der Waals surface area contributed by atoms with Crippen LogP contribution < -0.4 is 5.32 Å². The summed E-state index contributed by atoms with van der Waals surface area (Å²) in [6.07, 6.45) is 0.946. The van der Waals surface area contributed by atoms with E-state index < -0.39 is 0 Å². The number of fused-ring (bicyclic) bond motifs is 1. The van der Waals surface area contributed by atoms with E-state index in [9.17, 15) is 0 Å². The highest BCUT2D eigenvalue weighted by Crippen LogP contribution is 2.21. The van der Waals surface area contributed by atoms with Crippen LogP contribution in [0.3, 0.4) is 0 Å². The van der Waals surface area contributed by atoms with Crippen molar-refractivity contribution in [3.8, 4) is 0 Å². The van der Waals surface area contributed by atoms with Gasteiger partial charge in [0.2, 0.25) is 0 Å². The van der Waals surface area contributed by atoms with Crippen LogP contribution >= 0.6 is 27.3 Å². The quantitative estimate of drug-likeness (QED) is 0.716. The molecule has 3 rings (SSSR count). The second kappa shape index (κ2) is 5.86. The summed E-state index contributed by atoms with van der Waals surface area (Å²) < 4.78 is 7.46. The van der Waals surface area contributed by atoms with Crippen molar-refractivity contribution in [3.05, 3.63) is 51.8 Å². The van der Waals surface area contributed by atoms with Crippen molar-refractivity contribution < 1.29 is 4.42 Å². The van der Waals surface area contributed by atoms with Crippen LogP contribution in [0, 0.1) is 0 Å². The lowest BCUT2D eigenvalue weighted by Gasteiger charge is -2.00. The zero-order valence-corrected chi connectivity index (χ0v) is 12.6. The third-order valence-electron chi connectivity index (χ3n) is 2.78. The fourth-order valence-corrected chi connectivity index (χ4v) is 3.19. The van der Waals surface area contributed by atoms with Crippen molar-refractivity contribution in [2.45, 2.75) is 13.0 Å². The number of benzene rings is 1. The molecular formula is C14H13BrN2OS. The first-order chi connectivity index (χ1) is 9.31. The number of aromatic nitrogens is 1. The van der Waals surface area contributed by atoms with Gasteiger partial charge in [0.1, 0.15) is 5.76 Å². The highest BCUT2D eigenvalue weighted by Gasteiger charge is 2.03.